The Morgan fingerprint density at radius 1 is 1.50 bits per heavy atom. The number of rotatable bonds is 4. The Labute approximate surface area is 74.4 Å². The van der Waals surface area contributed by atoms with Crippen molar-refractivity contribution < 1.29 is 4.74 Å². The summed E-state index contributed by atoms with van der Waals surface area (Å²) in [7, 11) is 1.75. The van der Waals surface area contributed by atoms with Crippen LogP contribution in [0.1, 0.15) is 18.9 Å². The molecule has 0 heterocycles. The molecule has 12 heavy (non-hydrogen) atoms. The van der Waals surface area contributed by atoms with E-state index >= 15 is 0 Å². The molecular weight excluding hydrogens is 148 g/mol. The summed E-state index contributed by atoms with van der Waals surface area (Å²) in [5.74, 6) is 0. The third-order valence-electron chi connectivity index (χ3n) is 2.00. The van der Waals surface area contributed by atoms with E-state index in [1.54, 1.807) is 7.11 Å². The first-order chi connectivity index (χ1) is 5.83. The molecule has 1 aromatic rings. The van der Waals surface area contributed by atoms with Crippen LogP contribution in [-0.4, -0.2) is 13.2 Å². The van der Waals surface area contributed by atoms with Crippen molar-refractivity contribution in [3.63, 3.8) is 0 Å². The molecule has 0 aromatic heterocycles. The molecule has 0 spiro atoms. The van der Waals surface area contributed by atoms with Crippen molar-refractivity contribution in [2.24, 2.45) is 0 Å². The standard InChI is InChI=1S/C11H15O/c1-10(12-2)8-9-11-6-4-3-5-7-11/h3-6,10H,8-9H2,1-2H3. The molecule has 0 amide bonds. The Balaban J connectivity index is 2.33. The van der Waals surface area contributed by atoms with E-state index in [9.17, 15) is 0 Å². The molecule has 0 saturated carbocycles. The lowest BCUT2D eigenvalue weighted by atomic mass is 10.1. The van der Waals surface area contributed by atoms with Crippen molar-refractivity contribution in [2.45, 2.75) is 25.9 Å². The lowest BCUT2D eigenvalue weighted by Gasteiger charge is -2.07. The summed E-state index contributed by atoms with van der Waals surface area (Å²) in [6, 6.07) is 11.3. The quantitative estimate of drug-likeness (QED) is 0.662. The molecule has 0 fully saturated rings. The number of benzene rings is 1. The zero-order chi connectivity index (χ0) is 8.81. The Bertz CT molecular complexity index is 206. The van der Waals surface area contributed by atoms with Crippen LogP contribution in [0.3, 0.4) is 0 Å². The van der Waals surface area contributed by atoms with E-state index in [-0.39, 0.29) is 0 Å². The van der Waals surface area contributed by atoms with Gasteiger partial charge in [-0.2, -0.15) is 0 Å². The Morgan fingerprint density at radius 2 is 2.33 bits per heavy atom. The minimum atomic E-state index is 0.346. The van der Waals surface area contributed by atoms with Gasteiger partial charge >= 0.3 is 0 Å². The number of methoxy groups -OCH3 is 1. The monoisotopic (exact) mass is 163 g/mol. The van der Waals surface area contributed by atoms with E-state index in [1.165, 1.54) is 5.56 Å². The van der Waals surface area contributed by atoms with Gasteiger partial charge in [0.2, 0.25) is 0 Å². The van der Waals surface area contributed by atoms with Crippen LogP contribution in [0, 0.1) is 6.07 Å². The fourth-order valence-electron chi connectivity index (χ4n) is 1.06. The van der Waals surface area contributed by atoms with Gasteiger partial charge in [0, 0.05) is 7.11 Å². The Hall–Kier alpha value is -0.820. The minimum absolute atomic E-state index is 0.346. The topological polar surface area (TPSA) is 9.23 Å². The van der Waals surface area contributed by atoms with Crippen molar-refractivity contribution in [3.05, 3.63) is 35.9 Å². The van der Waals surface area contributed by atoms with Crippen LogP contribution in [-0.2, 0) is 11.2 Å². The third-order valence-corrected chi connectivity index (χ3v) is 2.00. The molecule has 1 atom stereocenters. The normalized spacial score (nSPS) is 12.8. The van der Waals surface area contributed by atoms with Crippen LogP contribution < -0.4 is 0 Å². The van der Waals surface area contributed by atoms with Gasteiger partial charge in [-0.1, -0.05) is 24.3 Å². The highest BCUT2D eigenvalue weighted by atomic mass is 16.5. The van der Waals surface area contributed by atoms with Gasteiger partial charge in [-0.3, -0.25) is 0 Å². The second-order valence-electron chi connectivity index (χ2n) is 2.97. The van der Waals surface area contributed by atoms with Gasteiger partial charge in [-0.05, 0) is 31.4 Å². The average Bonchev–Trinajstić information content (AvgIpc) is 2.16. The smallest absolute Gasteiger partial charge is 0.0546 e. The maximum atomic E-state index is 5.16. The van der Waals surface area contributed by atoms with Crippen molar-refractivity contribution >= 4 is 0 Å². The zero-order valence-electron chi connectivity index (χ0n) is 7.71. The van der Waals surface area contributed by atoms with Crippen molar-refractivity contribution in [2.75, 3.05) is 7.11 Å². The van der Waals surface area contributed by atoms with Gasteiger partial charge in [-0.15, -0.1) is 0 Å². The van der Waals surface area contributed by atoms with Crippen molar-refractivity contribution in [3.8, 4) is 0 Å². The molecule has 0 aliphatic carbocycles. The summed E-state index contributed by atoms with van der Waals surface area (Å²) in [5.41, 5.74) is 1.27. The molecule has 1 aromatic carbocycles. The highest BCUT2D eigenvalue weighted by molar-refractivity contribution is 5.12. The van der Waals surface area contributed by atoms with Crippen LogP contribution in [0.25, 0.3) is 0 Å². The second-order valence-corrected chi connectivity index (χ2v) is 2.97. The summed E-state index contributed by atoms with van der Waals surface area (Å²) in [6.07, 6.45) is 2.46. The summed E-state index contributed by atoms with van der Waals surface area (Å²) in [6.45, 7) is 2.09. The fraction of sp³-hybridized carbons (Fsp3) is 0.455. The molecule has 1 nitrogen and oxygen atoms in total. The fourth-order valence-corrected chi connectivity index (χ4v) is 1.06. The number of hydrogen-bond acceptors (Lipinski definition) is 1. The Morgan fingerprint density at radius 3 is 2.92 bits per heavy atom. The first-order valence-corrected chi connectivity index (χ1v) is 4.31. The lowest BCUT2D eigenvalue weighted by molar-refractivity contribution is 0.111. The predicted molar refractivity (Wildman–Crippen MR) is 50.1 cm³/mol. The van der Waals surface area contributed by atoms with Crippen LogP contribution in [0.2, 0.25) is 0 Å². The number of aryl methyl sites for hydroxylation is 1. The van der Waals surface area contributed by atoms with Gasteiger partial charge in [0.15, 0.2) is 0 Å². The molecule has 0 aliphatic heterocycles. The number of hydrogen-bond donors (Lipinski definition) is 0. The Kier molecular flexibility index (Phi) is 3.81. The average molecular weight is 163 g/mol. The van der Waals surface area contributed by atoms with E-state index < -0.39 is 0 Å². The molecule has 0 saturated heterocycles. The van der Waals surface area contributed by atoms with E-state index in [0.29, 0.717) is 6.10 Å². The van der Waals surface area contributed by atoms with E-state index in [4.69, 9.17) is 4.74 Å². The summed E-state index contributed by atoms with van der Waals surface area (Å²) >= 11 is 0. The molecule has 0 N–H and O–H groups in total. The van der Waals surface area contributed by atoms with Crippen LogP contribution in [0.5, 0.6) is 0 Å². The maximum absolute atomic E-state index is 5.16. The van der Waals surface area contributed by atoms with Gasteiger partial charge in [-0.25, -0.2) is 0 Å². The van der Waals surface area contributed by atoms with Gasteiger partial charge in [0.25, 0.3) is 0 Å². The molecule has 1 heteroatoms. The van der Waals surface area contributed by atoms with E-state index in [2.05, 4.69) is 19.1 Å². The van der Waals surface area contributed by atoms with E-state index in [1.807, 2.05) is 18.2 Å². The lowest BCUT2D eigenvalue weighted by Crippen LogP contribution is -2.05. The van der Waals surface area contributed by atoms with Crippen molar-refractivity contribution in [1.29, 1.82) is 0 Å². The van der Waals surface area contributed by atoms with Crippen LogP contribution in [0.4, 0.5) is 0 Å². The van der Waals surface area contributed by atoms with E-state index in [0.717, 1.165) is 12.8 Å². The first-order valence-electron chi connectivity index (χ1n) is 4.31. The van der Waals surface area contributed by atoms with Crippen LogP contribution >= 0.6 is 0 Å². The third kappa shape index (κ3) is 3.05. The largest absolute Gasteiger partial charge is 0.382 e. The van der Waals surface area contributed by atoms with Crippen molar-refractivity contribution in [1.82, 2.24) is 0 Å². The van der Waals surface area contributed by atoms with Crippen LogP contribution in [0.15, 0.2) is 24.3 Å². The maximum Gasteiger partial charge on any atom is 0.0546 e. The molecule has 1 unspecified atom stereocenters. The molecular formula is C11H15O. The molecule has 1 radical (unpaired) electrons. The summed E-state index contributed by atoms with van der Waals surface area (Å²) in [4.78, 5) is 0. The molecule has 0 bridgehead atoms. The molecule has 1 rings (SSSR count). The zero-order valence-corrected chi connectivity index (χ0v) is 7.71. The predicted octanol–water partition coefficient (Wildman–Crippen LogP) is 2.45. The minimum Gasteiger partial charge on any atom is -0.382 e. The van der Waals surface area contributed by atoms with Gasteiger partial charge in [0.1, 0.15) is 0 Å². The van der Waals surface area contributed by atoms with Gasteiger partial charge < -0.3 is 4.74 Å². The first kappa shape index (κ1) is 9.27. The summed E-state index contributed by atoms with van der Waals surface area (Å²) in [5, 5.41) is 0. The summed E-state index contributed by atoms with van der Waals surface area (Å²) < 4.78 is 5.16. The molecule has 65 valence electrons. The second kappa shape index (κ2) is 4.94. The molecule has 0 aliphatic rings. The highest BCUT2D eigenvalue weighted by Crippen LogP contribution is 2.05. The van der Waals surface area contributed by atoms with Gasteiger partial charge in [0.05, 0.1) is 6.10 Å². The number of ether oxygens (including phenoxy) is 1. The highest BCUT2D eigenvalue weighted by Gasteiger charge is 1.99. The SMILES string of the molecule is COC(C)CCc1[c]cccc1.